The molecule has 6 nitrogen and oxygen atoms in total. The first kappa shape index (κ1) is 16.1. The molecule has 23 heavy (non-hydrogen) atoms. The largest absolute Gasteiger partial charge is 0.371 e. The van der Waals surface area contributed by atoms with E-state index in [-0.39, 0.29) is 24.0 Å². The van der Waals surface area contributed by atoms with Gasteiger partial charge in [-0.3, -0.25) is 14.5 Å². The molecule has 2 aromatic rings. The Morgan fingerprint density at radius 3 is 2.96 bits per heavy atom. The van der Waals surface area contributed by atoms with Crippen molar-refractivity contribution in [3.8, 4) is 0 Å². The van der Waals surface area contributed by atoms with Crippen LogP contribution in [0.1, 0.15) is 36.9 Å². The molecule has 0 aliphatic carbocycles. The highest BCUT2D eigenvalue weighted by molar-refractivity contribution is 9.10. The van der Waals surface area contributed by atoms with Gasteiger partial charge in [0.05, 0.1) is 23.3 Å². The third-order valence-corrected chi connectivity index (χ3v) is 4.60. The van der Waals surface area contributed by atoms with Crippen molar-refractivity contribution in [1.29, 1.82) is 0 Å². The van der Waals surface area contributed by atoms with Gasteiger partial charge in [-0.2, -0.15) is 5.10 Å². The number of hydrogen-bond donors (Lipinski definition) is 1. The van der Waals surface area contributed by atoms with Crippen LogP contribution in [-0.2, 0) is 16.6 Å². The molecule has 1 saturated heterocycles. The number of halogens is 1. The molecule has 1 aliphatic rings. The van der Waals surface area contributed by atoms with Gasteiger partial charge in [0.15, 0.2) is 0 Å². The molecule has 3 heterocycles. The van der Waals surface area contributed by atoms with Crippen molar-refractivity contribution >= 4 is 21.8 Å². The highest BCUT2D eigenvalue weighted by Gasteiger charge is 2.37. The Kier molecular flexibility index (Phi) is 4.77. The Morgan fingerprint density at radius 1 is 1.48 bits per heavy atom. The monoisotopic (exact) mass is 378 g/mol. The van der Waals surface area contributed by atoms with Crippen LogP contribution in [0, 0.1) is 5.92 Å². The summed E-state index contributed by atoms with van der Waals surface area (Å²) >= 11 is 3.36. The van der Waals surface area contributed by atoms with Gasteiger partial charge in [0.1, 0.15) is 6.10 Å². The summed E-state index contributed by atoms with van der Waals surface area (Å²) in [5.41, 5.74) is 1.76. The molecule has 122 valence electrons. The average Bonchev–Trinajstić information content (AvgIpc) is 3.15. The van der Waals surface area contributed by atoms with E-state index in [0.29, 0.717) is 13.0 Å². The molecule has 0 bridgehead atoms. The summed E-state index contributed by atoms with van der Waals surface area (Å²) < 4.78 is 8.45. The van der Waals surface area contributed by atoms with Crippen LogP contribution >= 0.6 is 15.9 Å². The van der Waals surface area contributed by atoms with Crippen LogP contribution in [0.2, 0.25) is 0 Å². The van der Waals surface area contributed by atoms with Gasteiger partial charge in [-0.05, 0) is 47.5 Å². The molecule has 2 aromatic heterocycles. The summed E-state index contributed by atoms with van der Waals surface area (Å²) in [5, 5.41) is 7.20. The van der Waals surface area contributed by atoms with Crippen molar-refractivity contribution in [3.05, 3.63) is 46.5 Å². The molecule has 7 heteroatoms. The van der Waals surface area contributed by atoms with E-state index < -0.39 is 0 Å². The Balaban J connectivity index is 1.69. The minimum atomic E-state index is -0.243. The molecule has 1 amide bonds. The van der Waals surface area contributed by atoms with E-state index in [2.05, 4.69) is 31.3 Å². The lowest BCUT2D eigenvalue weighted by Gasteiger charge is -2.21. The zero-order chi connectivity index (χ0) is 16.4. The van der Waals surface area contributed by atoms with E-state index >= 15 is 0 Å². The highest BCUT2D eigenvalue weighted by Crippen LogP contribution is 2.34. The number of aromatic nitrogens is 3. The first-order valence-electron chi connectivity index (χ1n) is 7.57. The Morgan fingerprint density at radius 2 is 2.30 bits per heavy atom. The Labute approximate surface area is 143 Å². The second-order valence-electron chi connectivity index (χ2n) is 5.70. The van der Waals surface area contributed by atoms with Gasteiger partial charge in [0.2, 0.25) is 5.91 Å². The number of pyridine rings is 1. The maximum atomic E-state index is 12.7. The second kappa shape index (κ2) is 6.80. The lowest BCUT2D eigenvalue weighted by Crippen LogP contribution is -2.34. The van der Waals surface area contributed by atoms with Crippen molar-refractivity contribution in [2.24, 2.45) is 13.0 Å². The zero-order valence-corrected chi connectivity index (χ0v) is 14.7. The van der Waals surface area contributed by atoms with Crippen LogP contribution in [0.15, 0.2) is 35.1 Å². The normalized spacial score (nSPS) is 22.0. The Bertz CT molecular complexity index is 686. The first-order chi connectivity index (χ1) is 11.1. The lowest BCUT2D eigenvalue weighted by molar-refractivity contribution is -0.127. The molecule has 0 radical (unpaired) electrons. The highest BCUT2D eigenvalue weighted by atomic mass is 79.9. The summed E-state index contributed by atoms with van der Waals surface area (Å²) in [6.45, 7) is 2.52. The van der Waals surface area contributed by atoms with Crippen molar-refractivity contribution in [3.63, 3.8) is 0 Å². The van der Waals surface area contributed by atoms with E-state index in [1.165, 1.54) is 0 Å². The average molecular weight is 379 g/mol. The fourth-order valence-corrected chi connectivity index (χ4v) is 3.09. The number of aryl methyl sites for hydroxylation is 1. The number of nitrogens with zero attached hydrogens (tertiary/aromatic N) is 3. The maximum absolute atomic E-state index is 12.7. The minimum Gasteiger partial charge on any atom is -0.371 e. The van der Waals surface area contributed by atoms with Crippen molar-refractivity contribution < 1.29 is 9.53 Å². The van der Waals surface area contributed by atoms with E-state index in [1.807, 2.05) is 32.2 Å². The van der Waals surface area contributed by atoms with Crippen LogP contribution < -0.4 is 5.32 Å². The molecule has 3 atom stereocenters. The molecule has 3 rings (SSSR count). The predicted octanol–water partition coefficient (Wildman–Crippen LogP) is 2.53. The minimum absolute atomic E-state index is 0.00841. The van der Waals surface area contributed by atoms with Gasteiger partial charge < -0.3 is 10.1 Å². The predicted molar refractivity (Wildman–Crippen MR) is 88.5 cm³/mol. The standard InChI is InChI=1S/C16H19BrN4O2/c1-10(13-4-3-11(17)9-18-13)20-16(22)12-6-8-23-15(12)14-5-7-19-21(14)2/h3-5,7,9-10,12,15H,6,8H2,1-2H3,(H,20,22)/t10-,12-,15-/m1/s1. The van der Waals surface area contributed by atoms with Crippen LogP contribution in [0.4, 0.5) is 0 Å². The molecule has 0 unspecified atom stereocenters. The third-order valence-electron chi connectivity index (χ3n) is 4.13. The smallest absolute Gasteiger partial charge is 0.226 e. The molecule has 1 aliphatic heterocycles. The number of carbonyl (C=O) groups excluding carboxylic acids is 1. The fourth-order valence-electron chi connectivity index (χ4n) is 2.85. The molecular formula is C16H19BrN4O2. The first-order valence-corrected chi connectivity index (χ1v) is 8.37. The van der Waals surface area contributed by atoms with Gasteiger partial charge in [0.25, 0.3) is 0 Å². The number of carbonyl (C=O) groups is 1. The van der Waals surface area contributed by atoms with E-state index in [9.17, 15) is 4.79 Å². The maximum Gasteiger partial charge on any atom is 0.226 e. The SMILES string of the molecule is C[C@@H](NC(=O)[C@@H]1CCO[C@H]1c1ccnn1C)c1ccc(Br)cn1. The van der Waals surface area contributed by atoms with Crippen molar-refractivity contribution in [2.75, 3.05) is 6.61 Å². The van der Waals surface area contributed by atoms with Gasteiger partial charge in [0, 0.05) is 30.5 Å². The van der Waals surface area contributed by atoms with E-state index in [0.717, 1.165) is 15.9 Å². The van der Waals surface area contributed by atoms with Crippen LogP contribution in [-0.4, -0.2) is 27.3 Å². The number of rotatable bonds is 4. The summed E-state index contributed by atoms with van der Waals surface area (Å²) in [5.74, 6) is -0.214. The van der Waals surface area contributed by atoms with Crippen molar-refractivity contribution in [1.82, 2.24) is 20.1 Å². The van der Waals surface area contributed by atoms with Gasteiger partial charge in [-0.25, -0.2) is 0 Å². The molecule has 1 N–H and O–H groups in total. The van der Waals surface area contributed by atoms with Crippen molar-refractivity contribution in [2.45, 2.75) is 25.5 Å². The second-order valence-corrected chi connectivity index (χ2v) is 6.61. The third kappa shape index (κ3) is 3.45. The molecule has 0 saturated carbocycles. The quantitative estimate of drug-likeness (QED) is 0.887. The van der Waals surface area contributed by atoms with E-state index in [1.54, 1.807) is 17.1 Å². The van der Waals surface area contributed by atoms with Gasteiger partial charge >= 0.3 is 0 Å². The number of amides is 1. The van der Waals surface area contributed by atoms with Crippen LogP contribution in [0.5, 0.6) is 0 Å². The van der Waals surface area contributed by atoms with Crippen LogP contribution in [0.25, 0.3) is 0 Å². The van der Waals surface area contributed by atoms with Gasteiger partial charge in [-0.1, -0.05) is 0 Å². The number of nitrogens with one attached hydrogen (secondary N) is 1. The summed E-state index contributed by atoms with van der Waals surface area (Å²) in [7, 11) is 1.86. The number of hydrogen-bond acceptors (Lipinski definition) is 4. The molecule has 1 fully saturated rings. The molecule has 0 spiro atoms. The zero-order valence-electron chi connectivity index (χ0n) is 13.1. The van der Waals surface area contributed by atoms with Crippen LogP contribution in [0.3, 0.4) is 0 Å². The topological polar surface area (TPSA) is 69.0 Å². The summed E-state index contributed by atoms with van der Waals surface area (Å²) in [6, 6.07) is 5.57. The van der Waals surface area contributed by atoms with E-state index in [4.69, 9.17) is 4.74 Å². The lowest BCUT2D eigenvalue weighted by atomic mass is 9.97. The molecular weight excluding hydrogens is 360 g/mol. The summed E-state index contributed by atoms with van der Waals surface area (Å²) in [4.78, 5) is 17.0. The summed E-state index contributed by atoms with van der Waals surface area (Å²) in [6.07, 6.45) is 3.92. The fraction of sp³-hybridized carbons (Fsp3) is 0.438. The molecule has 0 aromatic carbocycles. The Hall–Kier alpha value is -1.73. The van der Waals surface area contributed by atoms with Gasteiger partial charge in [-0.15, -0.1) is 0 Å². The number of ether oxygens (including phenoxy) is 1.